The van der Waals surface area contributed by atoms with E-state index in [-0.39, 0.29) is 22.3 Å². The first-order chi connectivity index (χ1) is 7.52. The van der Waals surface area contributed by atoms with Crippen molar-refractivity contribution in [3.05, 3.63) is 28.2 Å². The minimum atomic E-state index is -1.09. The monoisotopic (exact) mass is 220 g/mol. The van der Waals surface area contributed by atoms with Gasteiger partial charge in [-0.2, -0.15) is 0 Å². The van der Waals surface area contributed by atoms with Gasteiger partial charge in [0.25, 0.3) is 5.56 Å². The average Bonchev–Trinajstić information content (AvgIpc) is 2.03. The maximum Gasteiger partial charge on any atom is 0.339 e. The van der Waals surface area contributed by atoms with Gasteiger partial charge in [0.1, 0.15) is 0 Å². The second-order valence-electron chi connectivity index (χ2n) is 4.86. The van der Waals surface area contributed by atoms with Gasteiger partial charge in [0.2, 0.25) is 0 Å². The fraction of sp³-hybridized carbons (Fsp3) is 0.455. The Hall–Kier alpha value is -1.78. The van der Waals surface area contributed by atoms with Gasteiger partial charge in [0.15, 0.2) is 0 Å². The van der Waals surface area contributed by atoms with Gasteiger partial charge in [-0.3, -0.25) is 4.79 Å². The first-order valence-corrected chi connectivity index (χ1v) is 5.28. The van der Waals surface area contributed by atoms with Crippen LogP contribution in [0.15, 0.2) is 17.1 Å². The molecule has 3 fully saturated rings. The summed E-state index contributed by atoms with van der Waals surface area (Å²) in [6.07, 6.45) is 4.39. The number of carbonyl (C=O) groups is 1. The van der Waals surface area contributed by atoms with Gasteiger partial charge < -0.3 is 15.4 Å². The Kier molecular flexibility index (Phi) is 1.57. The van der Waals surface area contributed by atoms with Crippen molar-refractivity contribution >= 4 is 11.7 Å². The van der Waals surface area contributed by atoms with Crippen molar-refractivity contribution in [2.24, 2.45) is 5.92 Å². The summed E-state index contributed by atoms with van der Waals surface area (Å²) >= 11 is 0. The van der Waals surface area contributed by atoms with E-state index in [2.05, 4.69) is 0 Å². The topological polar surface area (TPSA) is 85.3 Å². The summed E-state index contributed by atoms with van der Waals surface area (Å²) in [6.45, 7) is 0. The number of hydrogen-bond donors (Lipinski definition) is 2. The van der Waals surface area contributed by atoms with Crippen molar-refractivity contribution in [2.45, 2.75) is 24.8 Å². The Morgan fingerprint density at radius 2 is 2.12 bits per heavy atom. The quantitative estimate of drug-likeness (QED) is 0.765. The van der Waals surface area contributed by atoms with Crippen LogP contribution in [0, 0.1) is 5.92 Å². The molecular formula is C11H12N2O3. The Morgan fingerprint density at radius 1 is 1.50 bits per heavy atom. The van der Waals surface area contributed by atoms with Crippen LogP contribution in [-0.2, 0) is 5.54 Å². The zero-order chi connectivity index (χ0) is 11.5. The number of anilines is 1. The molecule has 0 unspecified atom stereocenters. The predicted molar refractivity (Wildman–Crippen MR) is 57.4 cm³/mol. The Balaban J connectivity index is 2.14. The third-order valence-electron chi connectivity index (χ3n) is 3.83. The molecule has 0 spiro atoms. The lowest BCUT2D eigenvalue weighted by molar-refractivity contribution is -0.0914. The zero-order valence-corrected chi connectivity index (χ0v) is 8.64. The lowest BCUT2D eigenvalue weighted by Crippen LogP contribution is -2.62. The smallest absolute Gasteiger partial charge is 0.339 e. The van der Waals surface area contributed by atoms with E-state index in [1.165, 1.54) is 12.3 Å². The largest absolute Gasteiger partial charge is 0.478 e. The number of hydrogen-bond acceptors (Lipinski definition) is 3. The Morgan fingerprint density at radius 3 is 2.56 bits per heavy atom. The second-order valence-corrected chi connectivity index (χ2v) is 4.86. The summed E-state index contributed by atoms with van der Waals surface area (Å²) in [5, 5.41) is 8.95. The minimum Gasteiger partial charge on any atom is -0.478 e. The summed E-state index contributed by atoms with van der Waals surface area (Å²) in [6, 6.07) is 1.21. The lowest BCUT2D eigenvalue weighted by Gasteiger charge is -2.62. The highest BCUT2D eigenvalue weighted by Gasteiger charge is 2.58. The van der Waals surface area contributed by atoms with Crippen LogP contribution >= 0.6 is 0 Å². The lowest BCUT2D eigenvalue weighted by atomic mass is 9.49. The van der Waals surface area contributed by atoms with Gasteiger partial charge in [0, 0.05) is 17.8 Å². The maximum atomic E-state index is 11.8. The highest BCUT2D eigenvalue weighted by Crippen LogP contribution is 2.61. The molecule has 2 bridgehead atoms. The van der Waals surface area contributed by atoms with Crippen molar-refractivity contribution in [1.82, 2.24) is 4.57 Å². The van der Waals surface area contributed by atoms with E-state index in [1.807, 2.05) is 0 Å². The molecular weight excluding hydrogens is 208 g/mol. The molecule has 16 heavy (non-hydrogen) atoms. The van der Waals surface area contributed by atoms with E-state index in [4.69, 9.17) is 10.8 Å². The summed E-state index contributed by atoms with van der Waals surface area (Å²) in [4.78, 5) is 22.7. The van der Waals surface area contributed by atoms with Gasteiger partial charge in [-0.05, 0) is 25.2 Å². The number of carboxylic acid groups (broad SMARTS) is 1. The number of aromatic nitrogens is 1. The van der Waals surface area contributed by atoms with Crippen LogP contribution in [0.4, 0.5) is 5.69 Å². The number of nitrogens with zero attached hydrogens (tertiary/aromatic N) is 1. The van der Waals surface area contributed by atoms with Gasteiger partial charge in [-0.1, -0.05) is 0 Å². The van der Waals surface area contributed by atoms with E-state index in [0.717, 1.165) is 25.2 Å². The number of carboxylic acids is 1. The molecule has 0 radical (unpaired) electrons. The molecule has 0 saturated heterocycles. The molecule has 84 valence electrons. The number of nitrogen functional groups attached to an aromatic ring is 1. The van der Waals surface area contributed by atoms with Crippen LogP contribution in [0.1, 0.15) is 29.6 Å². The molecule has 0 aliphatic heterocycles. The average molecular weight is 220 g/mol. The van der Waals surface area contributed by atoms with Crippen LogP contribution < -0.4 is 11.3 Å². The SMILES string of the molecule is Nc1cc(=O)n(C23CC(C2)C3)cc1C(=O)O. The van der Waals surface area contributed by atoms with E-state index >= 15 is 0 Å². The summed E-state index contributed by atoms with van der Waals surface area (Å²) in [7, 11) is 0. The van der Waals surface area contributed by atoms with Crippen LogP contribution in [0.25, 0.3) is 0 Å². The number of rotatable bonds is 2. The number of nitrogens with two attached hydrogens (primary N) is 1. The van der Waals surface area contributed by atoms with Crippen LogP contribution in [0.2, 0.25) is 0 Å². The second kappa shape index (κ2) is 2.66. The highest BCUT2D eigenvalue weighted by atomic mass is 16.4. The van der Waals surface area contributed by atoms with Crippen molar-refractivity contribution < 1.29 is 9.90 Å². The molecule has 3 aliphatic carbocycles. The third-order valence-corrected chi connectivity index (χ3v) is 3.83. The third kappa shape index (κ3) is 1.00. The minimum absolute atomic E-state index is 0.0179. The van der Waals surface area contributed by atoms with Crippen molar-refractivity contribution in [3.8, 4) is 0 Å². The number of pyridine rings is 1. The standard InChI is InChI=1S/C11H12N2O3/c12-8-1-9(14)13(5-7(8)10(15)16)11-2-6(3-11)4-11/h1,5-6H,2-4,12H2,(H,15,16). The van der Waals surface area contributed by atoms with Crippen LogP contribution in [-0.4, -0.2) is 15.6 Å². The number of aromatic carboxylic acids is 1. The fourth-order valence-corrected chi connectivity index (χ4v) is 2.82. The normalized spacial score (nSPS) is 30.4. The summed E-state index contributed by atoms with van der Waals surface area (Å²) < 4.78 is 1.56. The fourth-order valence-electron chi connectivity index (χ4n) is 2.82. The van der Waals surface area contributed by atoms with Gasteiger partial charge in [0.05, 0.1) is 11.3 Å². The van der Waals surface area contributed by atoms with Gasteiger partial charge in [-0.15, -0.1) is 0 Å². The molecule has 3 N–H and O–H groups in total. The molecule has 4 rings (SSSR count). The van der Waals surface area contributed by atoms with Crippen molar-refractivity contribution in [3.63, 3.8) is 0 Å². The molecule has 0 amide bonds. The Bertz CT molecular complexity index is 530. The van der Waals surface area contributed by atoms with Gasteiger partial charge in [-0.25, -0.2) is 4.79 Å². The predicted octanol–water partition coefficient (Wildman–Crippen LogP) is 0.638. The van der Waals surface area contributed by atoms with E-state index in [1.54, 1.807) is 4.57 Å². The first kappa shape index (κ1) is 9.45. The molecule has 1 aromatic heterocycles. The molecule has 1 heterocycles. The van der Waals surface area contributed by atoms with E-state index in [0.29, 0.717) is 0 Å². The molecule has 5 heteroatoms. The summed E-state index contributed by atoms with van der Waals surface area (Å²) in [5.41, 5.74) is 5.28. The molecule has 3 saturated carbocycles. The van der Waals surface area contributed by atoms with Gasteiger partial charge >= 0.3 is 5.97 Å². The van der Waals surface area contributed by atoms with Crippen LogP contribution in [0.5, 0.6) is 0 Å². The molecule has 0 atom stereocenters. The molecule has 3 aliphatic rings. The maximum absolute atomic E-state index is 11.8. The highest BCUT2D eigenvalue weighted by molar-refractivity contribution is 5.93. The molecule has 1 aromatic rings. The Labute approximate surface area is 91.5 Å². The van der Waals surface area contributed by atoms with Crippen molar-refractivity contribution in [1.29, 1.82) is 0 Å². The zero-order valence-electron chi connectivity index (χ0n) is 8.64. The first-order valence-electron chi connectivity index (χ1n) is 5.28. The van der Waals surface area contributed by atoms with E-state index < -0.39 is 5.97 Å². The van der Waals surface area contributed by atoms with Crippen LogP contribution in [0.3, 0.4) is 0 Å². The van der Waals surface area contributed by atoms with E-state index in [9.17, 15) is 9.59 Å². The van der Waals surface area contributed by atoms with Crippen molar-refractivity contribution in [2.75, 3.05) is 5.73 Å². The summed E-state index contributed by atoms with van der Waals surface area (Å²) in [5.74, 6) is -0.351. The molecule has 5 nitrogen and oxygen atoms in total. The molecule has 0 aromatic carbocycles.